The lowest BCUT2D eigenvalue weighted by Gasteiger charge is -2.14. The molecule has 5 nitrogen and oxygen atoms in total. The number of nitrogens with one attached hydrogen (secondary N) is 1. The van der Waals surface area contributed by atoms with Gasteiger partial charge in [0.2, 0.25) is 0 Å². The van der Waals surface area contributed by atoms with E-state index in [9.17, 15) is 14.9 Å². The molecule has 0 spiro atoms. The highest BCUT2D eigenvalue weighted by molar-refractivity contribution is 7.12. The van der Waals surface area contributed by atoms with Gasteiger partial charge in [-0.25, -0.2) is 0 Å². The number of benzene rings is 1. The van der Waals surface area contributed by atoms with Gasteiger partial charge in [-0.2, -0.15) is 0 Å². The van der Waals surface area contributed by atoms with Crippen LogP contribution in [-0.4, -0.2) is 10.8 Å². The van der Waals surface area contributed by atoms with Gasteiger partial charge in [0.25, 0.3) is 11.6 Å². The molecule has 0 aliphatic heterocycles. The third kappa shape index (κ3) is 3.28. The number of carbonyl (C=O) groups is 1. The van der Waals surface area contributed by atoms with E-state index in [4.69, 9.17) is 0 Å². The predicted molar refractivity (Wildman–Crippen MR) is 82.8 cm³/mol. The lowest BCUT2D eigenvalue weighted by molar-refractivity contribution is -0.385. The summed E-state index contributed by atoms with van der Waals surface area (Å²) >= 11 is 1.67. The fourth-order valence-corrected chi connectivity index (χ4v) is 3.28. The monoisotopic (exact) mass is 304 g/mol. The first-order chi connectivity index (χ1) is 9.90. The number of nitrogens with zero attached hydrogens (tertiary/aromatic N) is 1. The highest BCUT2D eigenvalue weighted by Crippen LogP contribution is 2.27. The average molecular weight is 304 g/mol. The SMILES string of the molecule is Cc1cc([C@@H](C)NC(=O)c2ccccc2[N+](=O)[O-])c(C)s1. The molecule has 21 heavy (non-hydrogen) atoms. The third-order valence-corrected chi connectivity index (χ3v) is 4.22. The molecule has 0 unspecified atom stereocenters. The summed E-state index contributed by atoms with van der Waals surface area (Å²) in [6, 6.07) is 7.80. The summed E-state index contributed by atoms with van der Waals surface area (Å²) < 4.78 is 0. The van der Waals surface area contributed by atoms with Gasteiger partial charge in [0.15, 0.2) is 0 Å². The Morgan fingerprint density at radius 3 is 2.57 bits per heavy atom. The van der Waals surface area contributed by atoms with Gasteiger partial charge in [-0.05, 0) is 38.5 Å². The maximum atomic E-state index is 12.3. The molecule has 1 N–H and O–H groups in total. The molecule has 0 saturated carbocycles. The number of para-hydroxylation sites is 1. The summed E-state index contributed by atoms with van der Waals surface area (Å²) in [5.74, 6) is -0.432. The van der Waals surface area contributed by atoms with E-state index < -0.39 is 10.8 Å². The van der Waals surface area contributed by atoms with Crippen molar-refractivity contribution < 1.29 is 9.72 Å². The molecule has 1 amide bonds. The average Bonchev–Trinajstić information content (AvgIpc) is 2.77. The van der Waals surface area contributed by atoms with Crippen molar-refractivity contribution in [3.05, 3.63) is 61.3 Å². The molecule has 1 heterocycles. The molecule has 6 heteroatoms. The van der Waals surface area contributed by atoms with Crippen LogP contribution >= 0.6 is 11.3 Å². The fraction of sp³-hybridized carbons (Fsp3) is 0.267. The van der Waals surface area contributed by atoms with Crippen LogP contribution in [-0.2, 0) is 0 Å². The van der Waals surface area contributed by atoms with Gasteiger partial charge in [-0.1, -0.05) is 12.1 Å². The largest absolute Gasteiger partial charge is 0.345 e. The second-order valence-corrected chi connectivity index (χ2v) is 6.30. The van der Waals surface area contributed by atoms with Crippen LogP contribution < -0.4 is 5.32 Å². The summed E-state index contributed by atoms with van der Waals surface area (Å²) in [6.07, 6.45) is 0. The molecule has 0 fully saturated rings. The van der Waals surface area contributed by atoms with Crippen molar-refractivity contribution in [1.82, 2.24) is 5.32 Å². The Morgan fingerprint density at radius 2 is 2.00 bits per heavy atom. The number of nitro benzene ring substituents is 1. The van der Waals surface area contributed by atoms with Crippen LogP contribution in [0.2, 0.25) is 0 Å². The molecule has 2 aromatic rings. The van der Waals surface area contributed by atoms with Crippen LogP contribution in [0.25, 0.3) is 0 Å². The van der Waals surface area contributed by atoms with Crippen LogP contribution in [0.1, 0.15) is 38.6 Å². The minimum absolute atomic E-state index is 0.0824. The first-order valence-corrected chi connectivity index (χ1v) is 7.33. The summed E-state index contributed by atoms with van der Waals surface area (Å²) in [4.78, 5) is 25.0. The molecule has 0 aliphatic carbocycles. The van der Waals surface area contributed by atoms with Gasteiger partial charge in [-0.15, -0.1) is 11.3 Å². The Balaban J connectivity index is 2.22. The molecular weight excluding hydrogens is 288 g/mol. The van der Waals surface area contributed by atoms with Crippen molar-refractivity contribution in [2.24, 2.45) is 0 Å². The van der Waals surface area contributed by atoms with Crippen LogP contribution in [0.4, 0.5) is 5.69 Å². The van der Waals surface area contributed by atoms with Crippen molar-refractivity contribution in [3.8, 4) is 0 Å². The number of hydrogen-bond donors (Lipinski definition) is 1. The molecular formula is C15H16N2O3S. The van der Waals surface area contributed by atoms with E-state index in [1.54, 1.807) is 23.5 Å². The Labute approximate surface area is 126 Å². The van der Waals surface area contributed by atoms with E-state index in [0.29, 0.717) is 0 Å². The maximum absolute atomic E-state index is 12.3. The van der Waals surface area contributed by atoms with Gasteiger partial charge >= 0.3 is 0 Å². The minimum Gasteiger partial charge on any atom is -0.345 e. The Bertz CT molecular complexity index is 694. The number of hydrogen-bond acceptors (Lipinski definition) is 4. The fourth-order valence-electron chi connectivity index (χ4n) is 2.26. The minimum atomic E-state index is -0.542. The van der Waals surface area contributed by atoms with E-state index in [1.807, 2.05) is 26.8 Å². The van der Waals surface area contributed by atoms with Crippen molar-refractivity contribution in [3.63, 3.8) is 0 Å². The lowest BCUT2D eigenvalue weighted by atomic mass is 10.1. The molecule has 0 radical (unpaired) electrons. The number of amides is 1. The van der Waals surface area contributed by atoms with Crippen molar-refractivity contribution in [2.75, 3.05) is 0 Å². The van der Waals surface area contributed by atoms with Crippen molar-refractivity contribution in [2.45, 2.75) is 26.8 Å². The third-order valence-electron chi connectivity index (χ3n) is 3.24. The highest BCUT2D eigenvalue weighted by Gasteiger charge is 2.21. The van der Waals surface area contributed by atoms with Gasteiger partial charge in [0, 0.05) is 15.8 Å². The van der Waals surface area contributed by atoms with Crippen molar-refractivity contribution >= 4 is 22.9 Å². The normalized spacial score (nSPS) is 12.0. The van der Waals surface area contributed by atoms with Crippen LogP contribution in [0.5, 0.6) is 0 Å². The Morgan fingerprint density at radius 1 is 1.33 bits per heavy atom. The molecule has 0 bridgehead atoms. The molecule has 1 aromatic heterocycles. The van der Waals surface area contributed by atoms with Crippen LogP contribution in [0, 0.1) is 24.0 Å². The summed E-state index contributed by atoms with van der Waals surface area (Å²) in [5, 5.41) is 13.8. The molecule has 0 saturated heterocycles. The smallest absolute Gasteiger partial charge is 0.282 e. The highest BCUT2D eigenvalue weighted by atomic mass is 32.1. The zero-order chi connectivity index (χ0) is 15.6. The second-order valence-electron chi connectivity index (χ2n) is 4.84. The van der Waals surface area contributed by atoms with E-state index >= 15 is 0 Å². The number of carbonyl (C=O) groups excluding carboxylic acids is 1. The maximum Gasteiger partial charge on any atom is 0.282 e. The quantitative estimate of drug-likeness (QED) is 0.690. The van der Waals surface area contributed by atoms with Crippen LogP contribution in [0.15, 0.2) is 30.3 Å². The van der Waals surface area contributed by atoms with E-state index in [0.717, 1.165) is 10.4 Å². The molecule has 2 rings (SSSR count). The predicted octanol–water partition coefficient (Wildman–Crippen LogP) is 3.76. The number of rotatable bonds is 4. The zero-order valence-corrected chi connectivity index (χ0v) is 12.9. The Hall–Kier alpha value is -2.21. The Kier molecular flexibility index (Phi) is 4.37. The topological polar surface area (TPSA) is 72.2 Å². The first kappa shape index (κ1) is 15.2. The van der Waals surface area contributed by atoms with Gasteiger partial charge < -0.3 is 5.32 Å². The number of nitro groups is 1. The van der Waals surface area contributed by atoms with E-state index in [2.05, 4.69) is 5.32 Å². The lowest BCUT2D eigenvalue weighted by Crippen LogP contribution is -2.27. The van der Waals surface area contributed by atoms with Gasteiger partial charge in [0.1, 0.15) is 5.56 Å². The van der Waals surface area contributed by atoms with Gasteiger partial charge in [-0.3, -0.25) is 14.9 Å². The molecule has 0 aliphatic rings. The molecule has 1 aromatic carbocycles. The van der Waals surface area contributed by atoms with Crippen LogP contribution in [0.3, 0.4) is 0 Å². The van der Waals surface area contributed by atoms with Gasteiger partial charge in [0.05, 0.1) is 11.0 Å². The summed E-state index contributed by atoms with van der Waals surface area (Å²) in [6.45, 7) is 5.89. The zero-order valence-electron chi connectivity index (χ0n) is 12.0. The van der Waals surface area contributed by atoms with Crippen molar-refractivity contribution in [1.29, 1.82) is 0 Å². The van der Waals surface area contributed by atoms with E-state index in [1.165, 1.54) is 17.0 Å². The summed E-state index contributed by atoms with van der Waals surface area (Å²) in [7, 11) is 0. The molecule has 110 valence electrons. The standard InChI is InChI=1S/C15H16N2O3S/c1-9-8-13(11(3)21-9)10(2)16-15(18)12-6-4-5-7-14(12)17(19)20/h4-8,10H,1-3H3,(H,16,18)/t10-/m1/s1. The second kappa shape index (κ2) is 6.05. The number of aryl methyl sites for hydroxylation is 2. The number of thiophene rings is 1. The summed E-state index contributed by atoms with van der Waals surface area (Å²) in [5.41, 5.74) is 0.948. The van der Waals surface area contributed by atoms with E-state index in [-0.39, 0.29) is 17.3 Å². The first-order valence-electron chi connectivity index (χ1n) is 6.51. The molecule has 1 atom stereocenters.